The number of halogens is 2. The Morgan fingerprint density at radius 2 is 1.67 bits per heavy atom. The van der Waals surface area contributed by atoms with E-state index in [4.69, 9.17) is 37.5 Å². The molecule has 5 heterocycles. The minimum atomic E-state index is -0.0813. The maximum Gasteiger partial charge on any atom is 0.275 e. The van der Waals surface area contributed by atoms with Crippen LogP contribution in [0.2, 0.25) is 10.0 Å². The van der Waals surface area contributed by atoms with E-state index in [1.165, 1.54) is 19.3 Å². The van der Waals surface area contributed by atoms with Crippen molar-refractivity contribution in [2.75, 3.05) is 18.1 Å². The number of aryl methyl sites for hydroxylation is 6. The third kappa shape index (κ3) is 6.40. The van der Waals surface area contributed by atoms with E-state index < -0.39 is 0 Å². The van der Waals surface area contributed by atoms with Crippen LogP contribution in [0.1, 0.15) is 102 Å². The zero-order chi connectivity index (χ0) is 40.6. The quantitative estimate of drug-likeness (QED) is 0.135. The van der Waals surface area contributed by atoms with Crippen molar-refractivity contribution in [3.63, 3.8) is 0 Å². The number of aromatic nitrogens is 6. The third-order valence-corrected chi connectivity index (χ3v) is 13.4. The Balaban J connectivity index is 1.13. The van der Waals surface area contributed by atoms with Crippen molar-refractivity contribution >= 4 is 56.6 Å². The van der Waals surface area contributed by atoms with Crippen LogP contribution >= 0.6 is 23.2 Å². The Morgan fingerprint density at radius 3 is 2.40 bits per heavy atom. The van der Waals surface area contributed by atoms with Gasteiger partial charge < -0.3 is 23.2 Å². The lowest BCUT2D eigenvalue weighted by atomic mass is 9.89. The number of benzene rings is 3. The van der Waals surface area contributed by atoms with Gasteiger partial charge in [0.15, 0.2) is 0 Å². The molecule has 0 saturated heterocycles. The van der Waals surface area contributed by atoms with Crippen LogP contribution in [0, 0.1) is 27.7 Å². The molecule has 0 radical (unpaired) electrons. The Labute approximate surface area is 348 Å². The van der Waals surface area contributed by atoms with Crippen molar-refractivity contribution in [2.24, 2.45) is 14.1 Å². The second-order valence-corrected chi connectivity index (χ2v) is 17.2. The smallest absolute Gasteiger partial charge is 0.275 e. The Bertz CT molecular complexity index is 2730. The summed E-state index contributed by atoms with van der Waals surface area (Å²) in [6.45, 7) is 11.2. The molecule has 1 saturated carbocycles. The first kappa shape index (κ1) is 38.5. The first-order valence-electron chi connectivity index (χ1n) is 20.4. The molecule has 1 fully saturated rings. The van der Waals surface area contributed by atoms with Crippen LogP contribution in [0.3, 0.4) is 0 Å². The van der Waals surface area contributed by atoms with Crippen LogP contribution in [-0.4, -0.2) is 48.2 Å². The predicted molar refractivity (Wildman–Crippen MR) is 232 cm³/mol. The highest BCUT2D eigenvalue weighted by molar-refractivity contribution is 6.35. The molecule has 1 unspecified atom stereocenters. The fourth-order valence-electron chi connectivity index (χ4n) is 9.52. The Kier molecular flexibility index (Phi) is 9.91. The molecule has 0 bridgehead atoms. The van der Waals surface area contributed by atoms with E-state index in [0.717, 1.165) is 102 Å². The van der Waals surface area contributed by atoms with Crippen molar-refractivity contribution in [1.29, 1.82) is 0 Å². The summed E-state index contributed by atoms with van der Waals surface area (Å²) in [5.41, 5.74) is 11.1. The molecular weight excluding hydrogens is 769 g/mol. The molecule has 3 aromatic carbocycles. The van der Waals surface area contributed by atoms with E-state index in [9.17, 15) is 0 Å². The summed E-state index contributed by atoms with van der Waals surface area (Å²) < 4.78 is 18.8. The number of anilines is 1. The lowest BCUT2D eigenvalue weighted by Gasteiger charge is -2.34. The van der Waals surface area contributed by atoms with E-state index in [2.05, 4.69) is 57.6 Å². The molecule has 1 aliphatic heterocycles. The van der Waals surface area contributed by atoms with Gasteiger partial charge in [-0.25, -0.2) is 0 Å². The van der Waals surface area contributed by atoms with Crippen LogP contribution in [-0.2, 0) is 20.5 Å². The van der Waals surface area contributed by atoms with Crippen LogP contribution in [0.4, 0.5) is 5.69 Å². The first-order chi connectivity index (χ1) is 27.9. The number of ether oxygens (including phenoxy) is 1. The molecule has 300 valence electrons. The molecule has 2 aliphatic rings. The fourth-order valence-corrected chi connectivity index (χ4v) is 9.88. The van der Waals surface area contributed by atoms with Crippen molar-refractivity contribution < 1.29 is 13.9 Å². The molecule has 0 spiro atoms. The highest BCUT2D eigenvalue weighted by atomic mass is 35.5. The fraction of sp³-hybridized carbons (Fsp3) is 0.391. The summed E-state index contributed by atoms with van der Waals surface area (Å²) in [7, 11) is 3.98. The second kappa shape index (κ2) is 15.0. The molecule has 1 amide bonds. The van der Waals surface area contributed by atoms with E-state index in [-0.39, 0.29) is 11.9 Å². The third-order valence-electron chi connectivity index (χ3n) is 12.5. The monoisotopic (exact) mass is 817 g/mol. The maximum absolute atomic E-state index is 15.3. The van der Waals surface area contributed by atoms with Gasteiger partial charge in [0.25, 0.3) is 5.91 Å². The van der Waals surface area contributed by atoms with Gasteiger partial charge in [-0.15, -0.1) is 10.2 Å². The minimum Gasteiger partial charge on any atom is -0.494 e. The number of carbonyl (C=O) groups is 1. The summed E-state index contributed by atoms with van der Waals surface area (Å²) in [4.78, 5) is 17.3. The molecule has 4 aromatic heterocycles. The molecule has 0 N–H and O–H groups in total. The number of hydrogen-bond donors (Lipinski definition) is 0. The van der Waals surface area contributed by atoms with Gasteiger partial charge in [0.05, 0.1) is 28.5 Å². The Hall–Kier alpha value is -5.06. The van der Waals surface area contributed by atoms with Gasteiger partial charge in [0, 0.05) is 82.5 Å². The number of rotatable bonds is 9. The van der Waals surface area contributed by atoms with Gasteiger partial charge in [-0.3, -0.25) is 9.48 Å². The van der Waals surface area contributed by atoms with Gasteiger partial charge >= 0.3 is 0 Å². The highest BCUT2D eigenvalue weighted by Gasteiger charge is 2.38. The standard InChI is InChI=1S/C46H49Cl2N7O3/c1-25-20-32(21-26(2)41(25)48)57-19-11-14-33-34-16-17-36(47)40(39-28(4)51-53(7)29(39)5)42(34)55-27(3)23-54(46(56)43(33)55)38-24-52(6)37-18-15-31(22-35(37)38)45-50-49-44(58-45)30-12-9-8-10-13-30/h15-18,20-22,24,27,30H,8-14,19,23H2,1-7H3. The molecule has 10 nitrogen and oxygen atoms in total. The van der Waals surface area contributed by atoms with Crippen LogP contribution < -0.4 is 9.64 Å². The summed E-state index contributed by atoms with van der Waals surface area (Å²) in [6.07, 6.45) is 9.20. The lowest BCUT2D eigenvalue weighted by Crippen LogP contribution is -2.42. The zero-order valence-electron chi connectivity index (χ0n) is 34.2. The van der Waals surface area contributed by atoms with Crippen molar-refractivity contribution in [1.82, 2.24) is 29.1 Å². The SMILES string of the molecule is Cc1cc(OCCCc2c3n(c4c(-c5c(C)nn(C)c5C)c(Cl)ccc24)C(C)CN(c2cn(C)c4ccc(-c5nnc(C6CCCCC6)o5)cc24)C3=O)cc(C)c1Cl. The van der Waals surface area contributed by atoms with Crippen molar-refractivity contribution in [3.05, 3.63) is 98.4 Å². The van der Waals surface area contributed by atoms with Crippen LogP contribution in [0.5, 0.6) is 5.75 Å². The van der Waals surface area contributed by atoms with E-state index in [0.29, 0.717) is 48.5 Å². The predicted octanol–water partition coefficient (Wildman–Crippen LogP) is 11.4. The van der Waals surface area contributed by atoms with Gasteiger partial charge in [0.2, 0.25) is 11.8 Å². The topological polar surface area (TPSA) is 96.1 Å². The minimum absolute atomic E-state index is 0.0499. The summed E-state index contributed by atoms with van der Waals surface area (Å²) >= 11 is 13.6. The van der Waals surface area contributed by atoms with Crippen molar-refractivity contribution in [3.8, 4) is 28.3 Å². The number of carbonyl (C=O) groups excluding carboxylic acids is 1. The maximum atomic E-state index is 15.3. The van der Waals surface area contributed by atoms with Gasteiger partial charge in [-0.05, 0) is 113 Å². The molecule has 1 atom stereocenters. The highest BCUT2D eigenvalue weighted by Crippen LogP contribution is 2.46. The summed E-state index contributed by atoms with van der Waals surface area (Å²) in [5, 5.41) is 17.1. The average Bonchev–Trinajstić information content (AvgIpc) is 3.97. The Morgan fingerprint density at radius 1 is 0.914 bits per heavy atom. The zero-order valence-corrected chi connectivity index (χ0v) is 35.8. The van der Waals surface area contributed by atoms with Gasteiger partial charge in [0.1, 0.15) is 11.4 Å². The van der Waals surface area contributed by atoms with E-state index in [1.807, 2.05) is 68.7 Å². The van der Waals surface area contributed by atoms with Crippen LogP contribution in [0.15, 0.2) is 53.1 Å². The average molecular weight is 819 g/mol. The molecule has 9 rings (SSSR count). The lowest BCUT2D eigenvalue weighted by molar-refractivity contribution is 0.0957. The number of nitrogens with zero attached hydrogens (tertiary/aromatic N) is 7. The molecule has 1 aliphatic carbocycles. The number of hydrogen-bond acceptors (Lipinski definition) is 6. The van der Waals surface area contributed by atoms with E-state index in [1.54, 1.807) is 0 Å². The summed E-state index contributed by atoms with van der Waals surface area (Å²) in [5.74, 6) is 2.29. The molecule has 58 heavy (non-hydrogen) atoms. The largest absolute Gasteiger partial charge is 0.494 e. The second-order valence-electron chi connectivity index (χ2n) is 16.4. The normalized spacial score (nSPS) is 16.3. The number of amides is 1. The molecule has 12 heteroatoms. The van der Waals surface area contributed by atoms with Gasteiger partial charge in [-0.1, -0.05) is 48.5 Å². The first-order valence-corrected chi connectivity index (χ1v) is 21.2. The van der Waals surface area contributed by atoms with E-state index >= 15 is 4.79 Å². The summed E-state index contributed by atoms with van der Waals surface area (Å²) in [6, 6.07) is 14.1. The van der Waals surface area contributed by atoms with Crippen molar-refractivity contribution in [2.45, 2.75) is 91.5 Å². The van der Waals surface area contributed by atoms with Gasteiger partial charge in [-0.2, -0.15) is 5.10 Å². The molecule has 7 aromatic rings. The number of fused-ring (bicyclic) bond motifs is 4. The molecular formula is C46H49Cl2N7O3. The van der Waals surface area contributed by atoms with Crippen LogP contribution in [0.25, 0.3) is 44.4 Å².